The first-order chi connectivity index (χ1) is 16.4. The van der Waals surface area contributed by atoms with Gasteiger partial charge in [0.25, 0.3) is 0 Å². The number of halogens is 6. The Hall–Kier alpha value is -2.56. The smallest absolute Gasteiger partial charge is 0.429 e. The summed E-state index contributed by atoms with van der Waals surface area (Å²) in [4.78, 5) is 3.89. The van der Waals surface area contributed by atoms with E-state index in [-0.39, 0.29) is 5.56 Å². The number of nitrogen functional groups attached to an aromatic ring is 1. The largest absolute Gasteiger partial charge is 0.472 e. The number of ether oxygens (including phenoxy) is 1. The van der Waals surface area contributed by atoms with Gasteiger partial charge in [0.15, 0.2) is 11.6 Å². The highest BCUT2D eigenvalue weighted by molar-refractivity contribution is 6.36. The molecule has 176 valence electrons. The third-order valence-electron chi connectivity index (χ3n) is 5.04. The number of benzene rings is 1. The van der Waals surface area contributed by atoms with Crippen LogP contribution in [0.2, 0.25) is 10.0 Å². The van der Waals surface area contributed by atoms with Gasteiger partial charge in [-0.05, 0) is 44.1 Å². The van der Waals surface area contributed by atoms with Gasteiger partial charge < -0.3 is 15.8 Å². The van der Waals surface area contributed by atoms with E-state index >= 15 is 0 Å². The van der Waals surface area contributed by atoms with Crippen LogP contribution in [-0.4, -0.2) is 34.0 Å². The first kappa shape index (κ1) is 21.0. The molecule has 1 saturated heterocycles. The van der Waals surface area contributed by atoms with Gasteiger partial charge in [-0.2, -0.15) is 18.3 Å². The highest BCUT2D eigenvalue weighted by Crippen LogP contribution is 2.44. The first-order valence-electron chi connectivity index (χ1n) is 10.8. The second-order valence-electron chi connectivity index (χ2n) is 7.24. The maximum Gasteiger partial charge on any atom is 0.429 e. The minimum absolute atomic E-state index is 0.277. The number of piperidine rings is 1. The van der Waals surface area contributed by atoms with Crippen molar-refractivity contribution in [3.63, 3.8) is 0 Å². The van der Waals surface area contributed by atoms with Crippen molar-refractivity contribution in [2.75, 3.05) is 18.8 Å². The molecule has 0 spiro atoms. The number of anilines is 1. The number of aromatic nitrogens is 3. The molecule has 3 aromatic rings. The quantitative estimate of drug-likeness (QED) is 0.349. The maximum atomic E-state index is 14.1. The lowest BCUT2D eigenvalue weighted by atomic mass is 10.1. The monoisotopic (exact) mass is 505 g/mol. The fraction of sp³-hybridized carbons (Fsp3) is 0.333. The van der Waals surface area contributed by atoms with Crippen molar-refractivity contribution in [2.45, 2.75) is 31.1 Å². The first-order valence-corrected chi connectivity index (χ1v) is 10.5. The van der Waals surface area contributed by atoms with E-state index in [1.165, 1.54) is 17.1 Å². The summed E-state index contributed by atoms with van der Waals surface area (Å²) in [5, 5.41) is 5.79. The Kier molecular flexibility index (Phi) is 5.96. The van der Waals surface area contributed by atoms with E-state index in [0.717, 1.165) is 18.2 Å². The topological polar surface area (TPSA) is 78.0 Å². The fourth-order valence-corrected chi connectivity index (χ4v) is 3.92. The predicted molar refractivity (Wildman–Crippen MR) is 117 cm³/mol. The molecule has 1 unspecified atom stereocenters. The molecule has 12 heteroatoms. The van der Waals surface area contributed by atoms with Crippen molar-refractivity contribution in [1.82, 2.24) is 20.1 Å². The van der Waals surface area contributed by atoms with Crippen LogP contribution in [0.25, 0.3) is 11.1 Å². The standard InChI is InChI=1S/C21H19Cl2F4N5O/c22-14-1-2-15(24)18(23)17(14)19(21(25,26)27)33-16-7-11(8-30-20(16)28)12-9-31-32(10-12)13-3-5-29-6-4-13/h1-2,7-10,13,19,29H,3-6H2,(H2,28,30)/i13D,19D. The fourth-order valence-electron chi connectivity index (χ4n) is 3.38. The second kappa shape index (κ2) is 9.36. The van der Waals surface area contributed by atoms with Gasteiger partial charge in [-0.25, -0.2) is 9.37 Å². The van der Waals surface area contributed by atoms with Gasteiger partial charge >= 0.3 is 6.18 Å². The van der Waals surface area contributed by atoms with Gasteiger partial charge in [0.05, 0.1) is 20.0 Å². The second-order valence-corrected chi connectivity index (χ2v) is 8.03. The molecule has 33 heavy (non-hydrogen) atoms. The lowest BCUT2D eigenvalue weighted by molar-refractivity contribution is -0.197. The molecule has 1 aliphatic heterocycles. The molecule has 2 aromatic heterocycles. The van der Waals surface area contributed by atoms with Crippen LogP contribution in [0.15, 0.2) is 36.8 Å². The summed E-state index contributed by atoms with van der Waals surface area (Å²) < 4.78 is 79.7. The number of pyridine rings is 1. The van der Waals surface area contributed by atoms with Crippen LogP contribution >= 0.6 is 23.2 Å². The Morgan fingerprint density at radius 1 is 1.24 bits per heavy atom. The third kappa shape index (κ3) is 5.02. The molecule has 4 rings (SSSR count). The van der Waals surface area contributed by atoms with Gasteiger partial charge in [-0.15, -0.1) is 0 Å². The summed E-state index contributed by atoms with van der Waals surface area (Å²) >= 11 is 11.7. The van der Waals surface area contributed by atoms with Crippen molar-refractivity contribution in [1.29, 1.82) is 0 Å². The third-order valence-corrected chi connectivity index (χ3v) is 5.73. The normalized spacial score (nSPS) is 18.8. The Morgan fingerprint density at radius 2 is 1.97 bits per heavy atom. The van der Waals surface area contributed by atoms with Gasteiger partial charge in [0.2, 0.25) is 6.08 Å². The van der Waals surface area contributed by atoms with Crippen molar-refractivity contribution in [3.8, 4) is 16.9 Å². The van der Waals surface area contributed by atoms with Crippen LogP contribution in [0.4, 0.5) is 23.4 Å². The van der Waals surface area contributed by atoms with Gasteiger partial charge in [0, 0.05) is 34.1 Å². The molecule has 3 N–H and O–H groups in total. The van der Waals surface area contributed by atoms with E-state index in [0.29, 0.717) is 31.5 Å². The number of alkyl halides is 3. The Balaban J connectivity index is 1.74. The number of rotatable bonds is 5. The molecule has 1 aliphatic rings. The maximum absolute atomic E-state index is 14.1. The van der Waals surface area contributed by atoms with Crippen LogP contribution in [0.5, 0.6) is 5.75 Å². The number of hydrogen-bond acceptors (Lipinski definition) is 5. The molecule has 0 saturated carbocycles. The lowest BCUT2D eigenvalue weighted by Crippen LogP contribution is -2.29. The van der Waals surface area contributed by atoms with E-state index in [9.17, 15) is 17.6 Å². The molecule has 1 fully saturated rings. The molecular weight excluding hydrogens is 485 g/mol. The van der Waals surface area contributed by atoms with E-state index in [1.54, 1.807) is 6.20 Å². The van der Waals surface area contributed by atoms with Crippen LogP contribution < -0.4 is 15.8 Å². The summed E-state index contributed by atoms with van der Waals surface area (Å²) in [5.74, 6) is -2.24. The van der Waals surface area contributed by atoms with Crippen molar-refractivity contribution in [3.05, 3.63) is 58.2 Å². The molecule has 0 aliphatic carbocycles. The Bertz CT molecular complexity index is 1250. The molecule has 1 aromatic carbocycles. The summed E-state index contributed by atoms with van der Waals surface area (Å²) in [6.45, 7) is 1.29. The minimum Gasteiger partial charge on any atom is -0.472 e. The minimum atomic E-state index is -5.39. The summed E-state index contributed by atoms with van der Waals surface area (Å²) in [5.41, 5.74) is 5.36. The summed E-state index contributed by atoms with van der Waals surface area (Å²) in [6, 6.07) is 1.81. The molecule has 0 amide bonds. The molecular formula is C21H19Cl2F4N5O. The van der Waals surface area contributed by atoms with Crippen LogP contribution in [0.1, 0.15) is 33.2 Å². The van der Waals surface area contributed by atoms with Gasteiger partial charge in [-0.3, -0.25) is 4.68 Å². The molecule has 0 bridgehead atoms. The van der Waals surface area contributed by atoms with Crippen molar-refractivity contribution < 1.29 is 25.0 Å². The average Bonchev–Trinajstić information content (AvgIpc) is 3.29. The van der Waals surface area contributed by atoms with Crippen LogP contribution in [0.3, 0.4) is 0 Å². The number of nitrogens with two attached hydrogens (primary N) is 1. The zero-order valence-corrected chi connectivity index (χ0v) is 18.4. The average molecular weight is 506 g/mol. The van der Waals surface area contributed by atoms with E-state index in [4.69, 9.17) is 36.4 Å². The molecule has 6 nitrogen and oxygen atoms in total. The highest BCUT2D eigenvalue weighted by atomic mass is 35.5. The molecule has 3 heterocycles. The Labute approximate surface area is 199 Å². The SMILES string of the molecule is [2H]C1(n2cc(-c3cnc(N)c(OC([2H])(c4c(Cl)ccc(F)c4Cl)C(F)(F)F)c3)cn2)CCNCC1. The summed E-state index contributed by atoms with van der Waals surface area (Å²) in [7, 11) is 0. The highest BCUT2D eigenvalue weighted by Gasteiger charge is 2.46. The zero-order chi connectivity index (χ0) is 25.6. The van der Waals surface area contributed by atoms with E-state index in [2.05, 4.69) is 15.4 Å². The van der Waals surface area contributed by atoms with Crippen LogP contribution in [0, 0.1) is 5.82 Å². The lowest BCUT2D eigenvalue weighted by Gasteiger charge is -2.24. The van der Waals surface area contributed by atoms with Crippen molar-refractivity contribution >= 4 is 29.0 Å². The summed E-state index contributed by atoms with van der Waals surface area (Å²) in [6.07, 6.45) is -3.95. The number of nitrogens with one attached hydrogen (secondary N) is 1. The van der Waals surface area contributed by atoms with E-state index < -0.39 is 51.3 Å². The van der Waals surface area contributed by atoms with E-state index in [1.807, 2.05) is 0 Å². The predicted octanol–water partition coefficient (Wildman–Crippen LogP) is 5.58. The number of nitrogens with zero attached hydrogens (tertiary/aromatic N) is 3. The van der Waals surface area contributed by atoms with Gasteiger partial charge in [0.1, 0.15) is 5.82 Å². The number of hydrogen-bond donors (Lipinski definition) is 2. The molecule has 0 radical (unpaired) electrons. The van der Waals surface area contributed by atoms with Crippen LogP contribution in [-0.2, 0) is 0 Å². The van der Waals surface area contributed by atoms with Gasteiger partial charge in [-0.1, -0.05) is 23.2 Å². The Morgan fingerprint density at radius 3 is 2.67 bits per heavy atom. The zero-order valence-electron chi connectivity index (χ0n) is 18.9. The van der Waals surface area contributed by atoms with Crippen molar-refractivity contribution in [2.24, 2.45) is 0 Å². The molecule has 1 atom stereocenters.